The number of nitrogens with zero attached hydrogens (tertiary/aromatic N) is 4. The molecule has 5 nitrogen and oxygen atoms in total. The molecule has 0 unspecified atom stereocenters. The van der Waals surface area contributed by atoms with E-state index in [1.54, 1.807) is 0 Å². The van der Waals surface area contributed by atoms with Crippen molar-refractivity contribution >= 4 is 5.82 Å². The summed E-state index contributed by atoms with van der Waals surface area (Å²) in [5.74, 6) is 2.77. The van der Waals surface area contributed by atoms with Crippen molar-refractivity contribution in [2.24, 2.45) is 0 Å². The minimum absolute atomic E-state index is 0.0690. The predicted molar refractivity (Wildman–Crippen MR) is 85.6 cm³/mol. The molecular formula is C16H25N5. The zero-order chi connectivity index (χ0) is 15.5. The van der Waals surface area contributed by atoms with Crippen LogP contribution in [0.2, 0.25) is 0 Å². The molecule has 2 aromatic rings. The van der Waals surface area contributed by atoms with Crippen molar-refractivity contribution in [2.45, 2.75) is 52.5 Å². The Kier molecular flexibility index (Phi) is 4.60. The lowest BCUT2D eigenvalue weighted by molar-refractivity contribution is 0.542. The van der Waals surface area contributed by atoms with Gasteiger partial charge in [-0.3, -0.25) is 0 Å². The molecule has 114 valence electrons. The van der Waals surface area contributed by atoms with Crippen LogP contribution in [0, 0.1) is 0 Å². The first kappa shape index (κ1) is 15.5. The molecule has 5 heteroatoms. The van der Waals surface area contributed by atoms with Gasteiger partial charge in [-0.2, -0.15) is 0 Å². The summed E-state index contributed by atoms with van der Waals surface area (Å²) in [5.41, 5.74) is 0.934. The highest BCUT2D eigenvalue weighted by molar-refractivity contribution is 5.37. The lowest BCUT2D eigenvalue weighted by Crippen LogP contribution is -2.18. The number of hydrogen-bond acceptors (Lipinski definition) is 4. The smallest absolute Gasteiger partial charge is 0.136 e. The highest BCUT2D eigenvalue weighted by atomic mass is 15.1. The minimum Gasteiger partial charge on any atom is -0.373 e. The molecule has 0 atom stereocenters. The van der Waals surface area contributed by atoms with Crippen molar-refractivity contribution in [1.82, 2.24) is 19.5 Å². The molecule has 1 N–H and O–H groups in total. The van der Waals surface area contributed by atoms with Crippen LogP contribution < -0.4 is 5.32 Å². The van der Waals surface area contributed by atoms with Crippen molar-refractivity contribution in [2.75, 3.05) is 12.4 Å². The Bertz CT molecular complexity index is 595. The van der Waals surface area contributed by atoms with Crippen LogP contribution in [0.3, 0.4) is 0 Å². The van der Waals surface area contributed by atoms with Crippen molar-refractivity contribution in [3.63, 3.8) is 0 Å². The average molecular weight is 287 g/mol. The fourth-order valence-electron chi connectivity index (χ4n) is 2.17. The third-order valence-electron chi connectivity index (χ3n) is 3.31. The van der Waals surface area contributed by atoms with Gasteiger partial charge in [0.25, 0.3) is 0 Å². The maximum atomic E-state index is 4.72. The van der Waals surface area contributed by atoms with Gasteiger partial charge in [0.1, 0.15) is 17.5 Å². The largest absolute Gasteiger partial charge is 0.373 e. The van der Waals surface area contributed by atoms with Crippen LogP contribution in [0.1, 0.15) is 51.5 Å². The SMILES string of the molecule is CCCn1ccnc1Cc1cc(NC)nc(C(C)(C)C)n1. The van der Waals surface area contributed by atoms with E-state index in [1.165, 1.54) is 0 Å². The molecule has 0 bridgehead atoms. The van der Waals surface area contributed by atoms with Gasteiger partial charge in [-0.05, 0) is 6.42 Å². The van der Waals surface area contributed by atoms with E-state index in [1.807, 2.05) is 25.5 Å². The van der Waals surface area contributed by atoms with E-state index >= 15 is 0 Å². The molecule has 0 aromatic carbocycles. The number of anilines is 1. The first-order chi connectivity index (χ1) is 9.94. The molecule has 0 spiro atoms. The molecule has 21 heavy (non-hydrogen) atoms. The Balaban J connectivity index is 2.33. The van der Waals surface area contributed by atoms with E-state index < -0.39 is 0 Å². The molecule has 2 rings (SSSR count). The quantitative estimate of drug-likeness (QED) is 0.918. The maximum absolute atomic E-state index is 4.72. The normalized spacial score (nSPS) is 11.7. The van der Waals surface area contributed by atoms with Gasteiger partial charge in [-0.1, -0.05) is 27.7 Å². The summed E-state index contributed by atoms with van der Waals surface area (Å²) in [4.78, 5) is 13.7. The summed E-state index contributed by atoms with van der Waals surface area (Å²) in [5, 5.41) is 3.12. The molecule has 0 aliphatic carbocycles. The van der Waals surface area contributed by atoms with Crippen molar-refractivity contribution in [3.8, 4) is 0 Å². The second-order valence-electron chi connectivity index (χ2n) is 6.28. The average Bonchev–Trinajstić information content (AvgIpc) is 2.85. The van der Waals surface area contributed by atoms with Gasteiger partial charge in [0.2, 0.25) is 0 Å². The van der Waals surface area contributed by atoms with Crippen LogP contribution in [-0.4, -0.2) is 26.6 Å². The molecule has 0 saturated heterocycles. The summed E-state index contributed by atoms with van der Waals surface area (Å²) in [6.45, 7) is 9.55. The molecule has 0 amide bonds. The van der Waals surface area contributed by atoms with Crippen molar-refractivity contribution in [1.29, 1.82) is 0 Å². The van der Waals surface area contributed by atoms with Crippen molar-refractivity contribution < 1.29 is 0 Å². The molecule has 0 aliphatic rings. The van der Waals surface area contributed by atoms with Gasteiger partial charge in [-0.25, -0.2) is 15.0 Å². The van der Waals surface area contributed by atoms with E-state index in [0.29, 0.717) is 0 Å². The number of imidazole rings is 1. The number of hydrogen-bond donors (Lipinski definition) is 1. The summed E-state index contributed by atoms with van der Waals surface area (Å²) >= 11 is 0. The first-order valence-corrected chi connectivity index (χ1v) is 7.50. The summed E-state index contributed by atoms with van der Waals surface area (Å²) < 4.78 is 2.19. The van der Waals surface area contributed by atoms with Gasteiger partial charge in [0.15, 0.2) is 0 Å². The Morgan fingerprint density at radius 3 is 2.62 bits per heavy atom. The zero-order valence-electron chi connectivity index (χ0n) is 13.6. The van der Waals surface area contributed by atoms with Crippen LogP contribution >= 0.6 is 0 Å². The molecular weight excluding hydrogens is 262 g/mol. The van der Waals surface area contributed by atoms with Gasteiger partial charge in [0.05, 0.1) is 5.69 Å². The van der Waals surface area contributed by atoms with Crippen LogP contribution in [0.25, 0.3) is 0 Å². The molecule has 0 radical (unpaired) electrons. The van der Waals surface area contributed by atoms with E-state index in [2.05, 4.69) is 47.5 Å². The topological polar surface area (TPSA) is 55.6 Å². The van der Waals surface area contributed by atoms with Crippen LogP contribution in [0.4, 0.5) is 5.82 Å². The van der Waals surface area contributed by atoms with Crippen LogP contribution in [-0.2, 0) is 18.4 Å². The lowest BCUT2D eigenvalue weighted by atomic mass is 9.95. The van der Waals surface area contributed by atoms with Crippen molar-refractivity contribution in [3.05, 3.63) is 35.8 Å². The van der Waals surface area contributed by atoms with Gasteiger partial charge >= 0.3 is 0 Å². The standard InChI is InChI=1S/C16H25N5/c1-6-8-21-9-7-18-14(21)11-12-10-13(17-5)20-15(19-12)16(2,3)4/h7,9-10H,6,8,11H2,1-5H3,(H,17,19,20). The van der Waals surface area contributed by atoms with E-state index in [-0.39, 0.29) is 5.41 Å². The number of rotatable bonds is 5. The summed E-state index contributed by atoms with van der Waals surface area (Å²) in [6.07, 6.45) is 5.72. The summed E-state index contributed by atoms with van der Waals surface area (Å²) in [7, 11) is 1.89. The van der Waals surface area contributed by atoms with Crippen LogP contribution in [0.5, 0.6) is 0 Å². The molecule has 0 fully saturated rings. The Morgan fingerprint density at radius 1 is 1.24 bits per heavy atom. The van der Waals surface area contributed by atoms with Crippen LogP contribution in [0.15, 0.2) is 18.5 Å². The number of nitrogens with one attached hydrogen (secondary N) is 1. The highest BCUT2D eigenvalue weighted by Gasteiger charge is 2.19. The number of aryl methyl sites for hydroxylation is 1. The Hall–Kier alpha value is -1.91. The molecule has 2 aromatic heterocycles. The monoisotopic (exact) mass is 287 g/mol. The third-order valence-corrected chi connectivity index (χ3v) is 3.31. The summed E-state index contributed by atoms with van der Waals surface area (Å²) in [6, 6.07) is 2.00. The lowest BCUT2D eigenvalue weighted by Gasteiger charge is -2.18. The Labute approximate surface area is 126 Å². The van der Waals surface area contributed by atoms with Gasteiger partial charge in [-0.15, -0.1) is 0 Å². The third kappa shape index (κ3) is 3.80. The van der Waals surface area contributed by atoms with Gasteiger partial charge < -0.3 is 9.88 Å². The second-order valence-corrected chi connectivity index (χ2v) is 6.28. The van der Waals surface area contributed by atoms with E-state index in [4.69, 9.17) is 4.98 Å². The highest BCUT2D eigenvalue weighted by Crippen LogP contribution is 2.21. The molecule has 2 heterocycles. The fourth-order valence-corrected chi connectivity index (χ4v) is 2.17. The maximum Gasteiger partial charge on any atom is 0.136 e. The Morgan fingerprint density at radius 2 is 2.00 bits per heavy atom. The zero-order valence-corrected chi connectivity index (χ0v) is 13.6. The first-order valence-electron chi connectivity index (χ1n) is 7.50. The second kappa shape index (κ2) is 6.24. The van der Waals surface area contributed by atoms with Gasteiger partial charge in [0, 0.05) is 43.9 Å². The van der Waals surface area contributed by atoms with E-state index in [9.17, 15) is 0 Å². The number of aromatic nitrogens is 4. The van der Waals surface area contributed by atoms with E-state index in [0.717, 1.165) is 42.5 Å². The molecule has 0 aliphatic heterocycles. The molecule has 0 saturated carbocycles. The fraction of sp³-hybridized carbons (Fsp3) is 0.562. The minimum atomic E-state index is -0.0690. The predicted octanol–water partition coefficient (Wildman–Crippen LogP) is 3.01.